The molecule has 1 fully saturated rings. The van der Waals surface area contributed by atoms with Gasteiger partial charge in [0.1, 0.15) is 12.3 Å². The molecule has 1 aliphatic heterocycles. The summed E-state index contributed by atoms with van der Waals surface area (Å²) in [6, 6.07) is 22.0. The van der Waals surface area contributed by atoms with Crippen molar-refractivity contribution in [3.8, 4) is 5.75 Å². The Balaban J connectivity index is 1.30. The van der Waals surface area contributed by atoms with E-state index in [-0.39, 0.29) is 30.8 Å². The number of carbonyl (C=O) groups excluding carboxylic acids is 3. The highest BCUT2D eigenvalue weighted by Crippen LogP contribution is 2.21. The molecule has 0 radical (unpaired) electrons. The van der Waals surface area contributed by atoms with Crippen molar-refractivity contribution < 1.29 is 19.1 Å². The molecule has 0 atom stereocenters. The fourth-order valence-electron chi connectivity index (χ4n) is 4.47. The number of nitrogens with zero attached hydrogens (tertiary/aromatic N) is 3. The fraction of sp³-hybridized carbons (Fsp3) is 0.258. The van der Waals surface area contributed by atoms with Crippen molar-refractivity contribution in [2.24, 2.45) is 0 Å². The van der Waals surface area contributed by atoms with Gasteiger partial charge in [0.2, 0.25) is 5.91 Å². The van der Waals surface area contributed by atoms with E-state index in [1.54, 1.807) is 37.5 Å². The van der Waals surface area contributed by atoms with Gasteiger partial charge < -0.3 is 24.8 Å². The summed E-state index contributed by atoms with van der Waals surface area (Å²) in [5, 5.41) is 2.87. The molecule has 4 rings (SSSR count). The second-order valence-electron chi connectivity index (χ2n) is 9.44. The van der Waals surface area contributed by atoms with E-state index >= 15 is 0 Å². The third-order valence-corrected chi connectivity index (χ3v) is 6.69. The van der Waals surface area contributed by atoms with E-state index in [1.807, 2.05) is 60.4 Å². The number of rotatable bonds is 9. The maximum Gasteiger partial charge on any atom is 0.254 e. The highest BCUT2D eigenvalue weighted by Gasteiger charge is 2.23. The van der Waals surface area contributed by atoms with Crippen LogP contribution in [0.25, 0.3) is 0 Å². The molecule has 0 saturated carbocycles. The van der Waals surface area contributed by atoms with Gasteiger partial charge in [0, 0.05) is 55.2 Å². The maximum atomic E-state index is 12.9. The van der Waals surface area contributed by atoms with Crippen LogP contribution >= 0.6 is 0 Å². The highest BCUT2D eigenvalue weighted by atomic mass is 16.5. The van der Waals surface area contributed by atoms with Crippen LogP contribution in [0.4, 0.5) is 11.4 Å². The lowest BCUT2D eigenvalue weighted by Crippen LogP contribution is -2.48. The Morgan fingerprint density at radius 3 is 2.10 bits per heavy atom. The molecule has 0 aromatic heterocycles. The average molecular weight is 527 g/mol. The largest absolute Gasteiger partial charge is 0.497 e. The molecule has 0 aliphatic carbocycles. The van der Waals surface area contributed by atoms with Gasteiger partial charge in [-0.3, -0.25) is 14.4 Å². The van der Waals surface area contributed by atoms with Crippen LogP contribution in [-0.4, -0.2) is 73.9 Å². The summed E-state index contributed by atoms with van der Waals surface area (Å²) in [5.74, 6) is 0.155. The Labute approximate surface area is 229 Å². The summed E-state index contributed by atoms with van der Waals surface area (Å²) < 4.78 is 5.15. The molecule has 1 saturated heterocycles. The van der Waals surface area contributed by atoms with Crippen LogP contribution in [0.2, 0.25) is 0 Å². The molecule has 1 heterocycles. The van der Waals surface area contributed by atoms with Crippen molar-refractivity contribution in [1.82, 2.24) is 9.80 Å². The Morgan fingerprint density at radius 2 is 1.51 bits per heavy atom. The van der Waals surface area contributed by atoms with Gasteiger partial charge >= 0.3 is 0 Å². The van der Waals surface area contributed by atoms with E-state index in [0.29, 0.717) is 35.7 Å². The lowest BCUT2D eigenvalue weighted by atomic mass is 10.1. The minimum atomic E-state index is -0.297. The first-order valence-electron chi connectivity index (χ1n) is 12.9. The molecule has 202 valence electrons. The molecule has 1 N–H and O–H groups in total. The molecule has 0 spiro atoms. The normalized spacial score (nSPS) is 13.0. The maximum absolute atomic E-state index is 12.9. The van der Waals surface area contributed by atoms with Gasteiger partial charge in [-0.2, -0.15) is 0 Å². The number of ether oxygens (including phenoxy) is 1. The molecule has 3 amide bonds. The van der Waals surface area contributed by atoms with Gasteiger partial charge in [-0.15, -0.1) is 6.58 Å². The summed E-state index contributed by atoms with van der Waals surface area (Å²) in [4.78, 5) is 44.0. The lowest BCUT2D eigenvalue weighted by Gasteiger charge is -2.36. The number of carbonyl (C=O) groups is 3. The zero-order chi connectivity index (χ0) is 27.8. The second kappa shape index (κ2) is 12.8. The zero-order valence-corrected chi connectivity index (χ0v) is 22.4. The van der Waals surface area contributed by atoms with Crippen LogP contribution in [0.1, 0.15) is 26.3 Å². The Kier molecular flexibility index (Phi) is 8.99. The summed E-state index contributed by atoms with van der Waals surface area (Å²) in [7, 11) is 1.56. The SMILES string of the molecule is C=CCN(CC(=O)Nc1ccc(N2CCN(C(=O)c3ccc(C)cc3)CC2)cc1)C(=O)c1ccc(OC)cc1. The quantitative estimate of drug-likeness (QED) is 0.422. The molecule has 39 heavy (non-hydrogen) atoms. The molecule has 8 nitrogen and oxygen atoms in total. The number of hydrogen-bond acceptors (Lipinski definition) is 5. The van der Waals surface area contributed by atoms with E-state index in [2.05, 4.69) is 16.8 Å². The molecular formula is C31H34N4O4. The van der Waals surface area contributed by atoms with E-state index in [9.17, 15) is 14.4 Å². The molecule has 3 aromatic carbocycles. The van der Waals surface area contributed by atoms with Crippen molar-refractivity contribution in [2.75, 3.05) is 56.6 Å². The van der Waals surface area contributed by atoms with Crippen molar-refractivity contribution in [3.05, 3.63) is 102 Å². The number of hydrogen-bond donors (Lipinski definition) is 1. The lowest BCUT2D eigenvalue weighted by molar-refractivity contribution is -0.116. The van der Waals surface area contributed by atoms with E-state index < -0.39 is 0 Å². The van der Waals surface area contributed by atoms with E-state index in [4.69, 9.17) is 4.74 Å². The number of aryl methyl sites for hydroxylation is 1. The van der Waals surface area contributed by atoms with Crippen LogP contribution in [0.5, 0.6) is 5.75 Å². The number of nitrogens with one attached hydrogen (secondary N) is 1. The van der Waals surface area contributed by atoms with Gasteiger partial charge in [-0.05, 0) is 67.6 Å². The first-order valence-corrected chi connectivity index (χ1v) is 12.9. The molecule has 8 heteroatoms. The van der Waals surface area contributed by atoms with Crippen LogP contribution in [0.15, 0.2) is 85.5 Å². The smallest absolute Gasteiger partial charge is 0.254 e. The molecule has 3 aromatic rings. The first kappa shape index (κ1) is 27.4. The number of amides is 3. The summed E-state index contributed by atoms with van der Waals surface area (Å²) >= 11 is 0. The van der Waals surface area contributed by atoms with Gasteiger partial charge in [-0.1, -0.05) is 23.8 Å². The number of benzene rings is 3. The minimum absolute atomic E-state index is 0.0590. The Bertz CT molecular complexity index is 1300. The van der Waals surface area contributed by atoms with Crippen molar-refractivity contribution in [2.45, 2.75) is 6.92 Å². The van der Waals surface area contributed by atoms with E-state index in [1.165, 1.54) is 4.90 Å². The summed E-state index contributed by atoms with van der Waals surface area (Å²) in [5.41, 5.74) is 3.99. The van der Waals surface area contributed by atoms with Gasteiger partial charge in [0.25, 0.3) is 11.8 Å². The predicted molar refractivity (Wildman–Crippen MR) is 153 cm³/mol. The van der Waals surface area contributed by atoms with Crippen LogP contribution in [0, 0.1) is 6.92 Å². The summed E-state index contributed by atoms with van der Waals surface area (Å²) in [6.07, 6.45) is 1.59. The fourth-order valence-corrected chi connectivity index (χ4v) is 4.47. The van der Waals surface area contributed by atoms with Crippen LogP contribution in [-0.2, 0) is 4.79 Å². The van der Waals surface area contributed by atoms with Crippen LogP contribution < -0.4 is 15.0 Å². The predicted octanol–water partition coefficient (Wildman–Crippen LogP) is 4.23. The third kappa shape index (κ3) is 7.04. The molecule has 0 bridgehead atoms. The van der Waals surface area contributed by atoms with E-state index in [0.717, 1.165) is 24.3 Å². The second-order valence-corrected chi connectivity index (χ2v) is 9.44. The number of anilines is 2. The Morgan fingerprint density at radius 1 is 0.897 bits per heavy atom. The molecule has 1 aliphatic rings. The average Bonchev–Trinajstić information content (AvgIpc) is 2.97. The topological polar surface area (TPSA) is 82.2 Å². The summed E-state index contributed by atoms with van der Waals surface area (Å²) in [6.45, 7) is 8.61. The number of piperazine rings is 1. The van der Waals surface area contributed by atoms with Crippen molar-refractivity contribution in [1.29, 1.82) is 0 Å². The first-order chi connectivity index (χ1) is 18.9. The monoisotopic (exact) mass is 526 g/mol. The van der Waals surface area contributed by atoms with Gasteiger partial charge in [-0.25, -0.2) is 0 Å². The zero-order valence-electron chi connectivity index (χ0n) is 22.4. The third-order valence-electron chi connectivity index (χ3n) is 6.69. The van der Waals surface area contributed by atoms with Gasteiger partial charge in [0.05, 0.1) is 7.11 Å². The number of methoxy groups -OCH3 is 1. The van der Waals surface area contributed by atoms with Crippen molar-refractivity contribution in [3.63, 3.8) is 0 Å². The minimum Gasteiger partial charge on any atom is -0.497 e. The molecular weight excluding hydrogens is 492 g/mol. The highest BCUT2D eigenvalue weighted by molar-refractivity contribution is 5.99. The van der Waals surface area contributed by atoms with Crippen molar-refractivity contribution >= 4 is 29.1 Å². The standard InChI is InChI=1S/C31H34N4O4/c1-4-17-35(31(38)25-9-15-28(39-3)16-10-25)22-29(36)32-26-11-13-27(14-12-26)33-18-20-34(21-19-33)30(37)24-7-5-23(2)6-8-24/h4-16H,1,17-22H2,2-3H3,(H,32,36). The van der Waals surface area contributed by atoms with Crippen LogP contribution in [0.3, 0.4) is 0 Å². The Hall–Kier alpha value is -4.59. The van der Waals surface area contributed by atoms with Gasteiger partial charge in [0.15, 0.2) is 0 Å². The molecule has 0 unspecified atom stereocenters.